The fourth-order valence-corrected chi connectivity index (χ4v) is 2.28. The average molecular weight is 278 g/mol. The summed E-state index contributed by atoms with van der Waals surface area (Å²) in [5, 5.41) is 3.30. The largest absolute Gasteiger partial charge is 0.367 e. The second-order valence-electron chi connectivity index (χ2n) is 5.04. The second-order valence-corrected chi connectivity index (χ2v) is 5.04. The minimum absolute atomic E-state index is 0.0705. The van der Waals surface area contributed by atoms with E-state index in [2.05, 4.69) is 15.3 Å². The molecule has 0 amide bonds. The maximum absolute atomic E-state index is 6.19. The third-order valence-corrected chi connectivity index (χ3v) is 3.46. The Morgan fingerprint density at radius 3 is 2.29 bits per heavy atom. The van der Waals surface area contributed by atoms with Gasteiger partial charge in [0, 0.05) is 12.6 Å². The minimum Gasteiger partial charge on any atom is -0.367 e. The molecule has 0 aliphatic rings. The van der Waals surface area contributed by atoms with Crippen LogP contribution in [0.5, 0.6) is 0 Å². The number of hydrogen-bond acceptors (Lipinski definition) is 4. The lowest BCUT2D eigenvalue weighted by molar-refractivity contribution is 0.761. The summed E-state index contributed by atoms with van der Waals surface area (Å²) >= 11 is 0. The lowest BCUT2D eigenvalue weighted by Crippen LogP contribution is -2.21. The van der Waals surface area contributed by atoms with Crippen molar-refractivity contribution in [1.82, 2.24) is 9.97 Å². The zero-order valence-electron chi connectivity index (χ0n) is 12.0. The van der Waals surface area contributed by atoms with Gasteiger partial charge in [-0.3, -0.25) is 0 Å². The molecule has 0 fully saturated rings. The third kappa shape index (κ3) is 3.01. The van der Waals surface area contributed by atoms with Gasteiger partial charge in [0.15, 0.2) is 0 Å². The van der Waals surface area contributed by atoms with Crippen LogP contribution in [0.2, 0.25) is 0 Å². The molecule has 0 spiro atoms. The van der Waals surface area contributed by atoms with Crippen molar-refractivity contribution in [2.45, 2.75) is 13.0 Å². The molecular weight excluding hydrogens is 260 g/mol. The number of fused-ring (bicyclic) bond motifs is 1. The molecule has 0 aliphatic carbocycles. The van der Waals surface area contributed by atoms with Crippen LogP contribution in [-0.4, -0.2) is 16.5 Å². The molecule has 0 saturated heterocycles. The highest BCUT2D eigenvalue weighted by atomic mass is 15.0. The summed E-state index contributed by atoms with van der Waals surface area (Å²) in [6, 6.07) is 17.8. The van der Waals surface area contributed by atoms with Crippen molar-refractivity contribution >= 4 is 16.9 Å². The van der Waals surface area contributed by atoms with Crippen LogP contribution in [0.15, 0.2) is 54.6 Å². The van der Waals surface area contributed by atoms with E-state index in [-0.39, 0.29) is 6.04 Å². The van der Waals surface area contributed by atoms with Gasteiger partial charge in [0.2, 0.25) is 0 Å². The van der Waals surface area contributed by atoms with Gasteiger partial charge in [-0.15, -0.1) is 0 Å². The summed E-state index contributed by atoms with van der Waals surface area (Å²) in [5.41, 5.74) is 9.98. The number of benzene rings is 2. The summed E-state index contributed by atoms with van der Waals surface area (Å²) in [6.07, 6.45) is 0. The Kier molecular flexibility index (Phi) is 3.79. The van der Waals surface area contributed by atoms with E-state index in [0.717, 1.165) is 28.1 Å². The van der Waals surface area contributed by atoms with Crippen molar-refractivity contribution in [2.75, 3.05) is 11.9 Å². The highest BCUT2D eigenvalue weighted by molar-refractivity contribution is 5.76. The SMILES string of the molecule is Cc1nc2ccccc2nc1NCC(N)c1ccccc1. The molecule has 4 heteroatoms. The quantitative estimate of drug-likeness (QED) is 0.770. The van der Waals surface area contributed by atoms with E-state index in [1.165, 1.54) is 0 Å². The summed E-state index contributed by atoms with van der Waals surface area (Å²) in [6.45, 7) is 2.58. The minimum atomic E-state index is -0.0705. The van der Waals surface area contributed by atoms with Crippen LogP contribution in [-0.2, 0) is 0 Å². The summed E-state index contributed by atoms with van der Waals surface area (Å²) < 4.78 is 0. The van der Waals surface area contributed by atoms with Gasteiger partial charge in [0.05, 0.1) is 16.7 Å². The maximum atomic E-state index is 6.19. The first kappa shape index (κ1) is 13.5. The van der Waals surface area contributed by atoms with Gasteiger partial charge >= 0.3 is 0 Å². The number of rotatable bonds is 4. The Bertz CT molecular complexity index is 740. The Morgan fingerprint density at radius 1 is 0.952 bits per heavy atom. The van der Waals surface area contributed by atoms with Gasteiger partial charge in [-0.2, -0.15) is 0 Å². The summed E-state index contributed by atoms with van der Waals surface area (Å²) in [5.74, 6) is 0.792. The van der Waals surface area contributed by atoms with Crippen molar-refractivity contribution in [1.29, 1.82) is 0 Å². The molecule has 0 saturated carbocycles. The molecular formula is C17H18N4. The summed E-state index contributed by atoms with van der Waals surface area (Å²) in [7, 11) is 0. The molecule has 1 atom stereocenters. The van der Waals surface area contributed by atoms with Crippen molar-refractivity contribution < 1.29 is 0 Å². The fraction of sp³-hybridized carbons (Fsp3) is 0.176. The molecule has 3 aromatic rings. The van der Waals surface area contributed by atoms with E-state index in [1.54, 1.807) is 0 Å². The third-order valence-electron chi connectivity index (χ3n) is 3.46. The van der Waals surface area contributed by atoms with E-state index in [4.69, 9.17) is 5.73 Å². The molecule has 0 bridgehead atoms. The van der Waals surface area contributed by atoms with Gasteiger partial charge < -0.3 is 11.1 Å². The predicted molar refractivity (Wildman–Crippen MR) is 86.1 cm³/mol. The van der Waals surface area contributed by atoms with Gasteiger partial charge in [0.25, 0.3) is 0 Å². The van der Waals surface area contributed by atoms with Gasteiger partial charge in [0.1, 0.15) is 5.82 Å². The molecule has 106 valence electrons. The molecule has 3 rings (SSSR count). The first-order valence-electron chi connectivity index (χ1n) is 7.02. The summed E-state index contributed by atoms with van der Waals surface area (Å²) in [4.78, 5) is 9.17. The molecule has 21 heavy (non-hydrogen) atoms. The first-order valence-corrected chi connectivity index (χ1v) is 7.02. The van der Waals surface area contributed by atoms with Crippen molar-refractivity contribution in [3.8, 4) is 0 Å². The van der Waals surface area contributed by atoms with Gasteiger partial charge in [-0.05, 0) is 24.6 Å². The Morgan fingerprint density at radius 2 is 1.57 bits per heavy atom. The predicted octanol–water partition coefficient (Wildman–Crippen LogP) is 3.05. The Labute approximate surface area is 124 Å². The van der Waals surface area contributed by atoms with E-state index >= 15 is 0 Å². The molecule has 4 nitrogen and oxygen atoms in total. The zero-order valence-corrected chi connectivity index (χ0v) is 12.0. The molecule has 2 aromatic carbocycles. The number of nitrogens with one attached hydrogen (secondary N) is 1. The Balaban J connectivity index is 1.77. The monoisotopic (exact) mass is 278 g/mol. The fourth-order valence-electron chi connectivity index (χ4n) is 2.28. The van der Waals surface area contributed by atoms with Crippen molar-refractivity contribution in [3.05, 3.63) is 65.9 Å². The highest BCUT2D eigenvalue weighted by Crippen LogP contribution is 2.17. The number of aromatic nitrogens is 2. The van der Waals surface area contributed by atoms with Crippen LogP contribution in [0.3, 0.4) is 0 Å². The zero-order chi connectivity index (χ0) is 14.7. The molecule has 1 unspecified atom stereocenters. The highest BCUT2D eigenvalue weighted by Gasteiger charge is 2.08. The molecule has 0 radical (unpaired) electrons. The van der Waals surface area contributed by atoms with E-state index in [1.807, 2.05) is 61.5 Å². The smallest absolute Gasteiger partial charge is 0.148 e. The standard InChI is InChI=1S/C17H18N4/c1-12-17(21-16-10-6-5-9-15(16)20-12)19-11-14(18)13-7-3-2-4-8-13/h2-10,14H,11,18H2,1H3,(H,19,21). The number of para-hydroxylation sites is 2. The van der Waals surface area contributed by atoms with Crippen molar-refractivity contribution in [2.24, 2.45) is 5.73 Å². The van der Waals surface area contributed by atoms with E-state index < -0.39 is 0 Å². The first-order chi connectivity index (χ1) is 10.2. The van der Waals surface area contributed by atoms with Gasteiger partial charge in [-0.25, -0.2) is 9.97 Å². The number of aryl methyl sites for hydroxylation is 1. The normalized spacial score (nSPS) is 12.3. The van der Waals surface area contributed by atoms with Gasteiger partial charge in [-0.1, -0.05) is 42.5 Å². The van der Waals surface area contributed by atoms with Crippen LogP contribution < -0.4 is 11.1 Å². The van der Waals surface area contributed by atoms with Crippen LogP contribution in [0.1, 0.15) is 17.3 Å². The Hall–Kier alpha value is -2.46. The molecule has 3 N–H and O–H groups in total. The topological polar surface area (TPSA) is 63.8 Å². The molecule has 0 aliphatic heterocycles. The van der Waals surface area contributed by atoms with Crippen LogP contribution >= 0.6 is 0 Å². The number of anilines is 1. The van der Waals surface area contributed by atoms with E-state index in [9.17, 15) is 0 Å². The lowest BCUT2D eigenvalue weighted by atomic mass is 10.1. The van der Waals surface area contributed by atoms with Crippen LogP contribution in [0, 0.1) is 6.92 Å². The average Bonchev–Trinajstić information content (AvgIpc) is 2.53. The molecule has 1 aromatic heterocycles. The van der Waals surface area contributed by atoms with Crippen LogP contribution in [0.25, 0.3) is 11.0 Å². The van der Waals surface area contributed by atoms with Crippen LogP contribution in [0.4, 0.5) is 5.82 Å². The lowest BCUT2D eigenvalue weighted by Gasteiger charge is -2.15. The molecule has 1 heterocycles. The number of nitrogens with zero attached hydrogens (tertiary/aromatic N) is 2. The van der Waals surface area contributed by atoms with E-state index in [0.29, 0.717) is 6.54 Å². The number of nitrogens with two attached hydrogens (primary N) is 1. The maximum Gasteiger partial charge on any atom is 0.148 e. The van der Waals surface area contributed by atoms with Crippen molar-refractivity contribution in [3.63, 3.8) is 0 Å². The second kappa shape index (κ2) is 5.89. The number of hydrogen-bond donors (Lipinski definition) is 2.